The molecule has 6 nitrogen and oxygen atoms in total. The molecule has 1 aromatic rings. The maximum Gasteiger partial charge on any atom is 0.416 e. The van der Waals surface area contributed by atoms with Crippen molar-refractivity contribution in [2.24, 2.45) is 22.4 Å². The average Bonchev–Trinajstić information content (AvgIpc) is 2.51. The van der Waals surface area contributed by atoms with Crippen LogP contribution in [0.3, 0.4) is 0 Å². The Labute approximate surface area is 151 Å². The first-order valence-corrected chi connectivity index (χ1v) is 8.31. The van der Waals surface area contributed by atoms with Crippen molar-refractivity contribution in [3.8, 4) is 0 Å². The second-order valence-corrected chi connectivity index (χ2v) is 6.58. The van der Waals surface area contributed by atoms with Gasteiger partial charge in [-0.2, -0.15) is 18.2 Å². The minimum Gasteiger partial charge on any atom is -0.356 e. The van der Waals surface area contributed by atoms with Crippen molar-refractivity contribution in [2.45, 2.75) is 45.6 Å². The zero-order valence-electron chi connectivity index (χ0n) is 15.1. The van der Waals surface area contributed by atoms with E-state index in [2.05, 4.69) is 15.6 Å². The van der Waals surface area contributed by atoms with Crippen LogP contribution in [-0.2, 0) is 6.18 Å². The van der Waals surface area contributed by atoms with Crippen LogP contribution >= 0.6 is 0 Å². The maximum atomic E-state index is 12.6. The standard InChI is InChI=1S/C17H26F3N5O/c1-10(2)9-23-16(24-14(22)8-11(3)21)25-15(26)12-4-6-13(7-5-12)17(18,19)20/h4-7,10-11,14H,8-9,21-22H2,1-3H3,(H2,23,24,25,26). The molecule has 6 N–H and O–H groups in total. The van der Waals surface area contributed by atoms with Gasteiger partial charge < -0.3 is 22.1 Å². The number of aliphatic imine (C=N–C) groups is 1. The van der Waals surface area contributed by atoms with Crippen LogP contribution in [0.25, 0.3) is 0 Å². The fourth-order valence-corrected chi connectivity index (χ4v) is 2.03. The zero-order chi connectivity index (χ0) is 19.9. The third-order valence-corrected chi connectivity index (χ3v) is 3.30. The molecule has 0 aliphatic heterocycles. The molecular weight excluding hydrogens is 347 g/mol. The molecular formula is C17H26F3N5O. The summed E-state index contributed by atoms with van der Waals surface area (Å²) in [7, 11) is 0. The highest BCUT2D eigenvalue weighted by Gasteiger charge is 2.30. The van der Waals surface area contributed by atoms with E-state index in [0.717, 1.165) is 24.3 Å². The molecule has 0 saturated heterocycles. The van der Waals surface area contributed by atoms with Crippen molar-refractivity contribution in [1.82, 2.24) is 10.6 Å². The van der Waals surface area contributed by atoms with E-state index in [1.807, 2.05) is 13.8 Å². The maximum absolute atomic E-state index is 12.6. The third-order valence-electron chi connectivity index (χ3n) is 3.30. The van der Waals surface area contributed by atoms with E-state index in [9.17, 15) is 18.0 Å². The smallest absolute Gasteiger partial charge is 0.356 e. The molecule has 0 heterocycles. The normalized spacial score (nSPS) is 14.9. The second-order valence-electron chi connectivity index (χ2n) is 6.58. The monoisotopic (exact) mass is 373 g/mol. The van der Waals surface area contributed by atoms with Gasteiger partial charge >= 0.3 is 6.18 Å². The molecule has 0 saturated carbocycles. The van der Waals surface area contributed by atoms with Crippen molar-refractivity contribution in [1.29, 1.82) is 0 Å². The molecule has 2 unspecified atom stereocenters. The van der Waals surface area contributed by atoms with Gasteiger partial charge in [-0.3, -0.25) is 4.79 Å². The lowest BCUT2D eigenvalue weighted by molar-refractivity contribution is -0.137. The third kappa shape index (κ3) is 7.83. The Morgan fingerprint density at radius 2 is 1.73 bits per heavy atom. The van der Waals surface area contributed by atoms with Crippen LogP contribution in [0.1, 0.15) is 43.1 Å². The Morgan fingerprint density at radius 1 is 1.15 bits per heavy atom. The first-order chi connectivity index (χ1) is 12.0. The summed E-state index contributed by atoms with van der Waals surface area (Å²) in [5.74, 6) is -0.227. The van der Waals surface area contributed by atoms with Crippen LogP contribution in [0.15, 0.2) is 29.3 Å². The SMILES string of the molecule is CC(C)CN/C(=N/C(=O)c1ccc(C(F)(F)F)cc1)NC(N)CC(C)N. The number of hydrogen-bond donors (Lipinski definition) is 4. The number of carbonyl (C=O) groups is 1. The van der Waals surface area contributed by atoms with Gasteiger partial charge in [0.2, 0.25) is 5.96 Å². The molecule has 0 spiro atoms. The number of hydrogen-bond acceptors (Lipinski definition) is 3. The molecule has 146 valence electrons. The van der Waals surface area contributed by atoms with Crippen LogP contribution in [0.4, 0.5) is 13.2 Å². The molecule has 9 heteroatoms. The van der Waals surface area contributed by atoms with E-state index in [-0.39, 0.29) is 23.5 Å². The van der Waals surface area contributed by atoms with Crippen molar-refractivity contribution in [3.05, 3.63) is 35.4 Å². The van der Waals surface area contributed by atoms with Crippen molar-refractivity contribution in [3.63, 3.8) is 0 Å². The predicted molar refractivity (Wildman–Crippen MR) is 95.4 cm³/mol. The number of nitrogens with two attached hydrogens (primary N) is 2. The molecule has 0 radical (unpaired) electrons. The lowest BCUT2D eigenvalue weighted by Crippen LogP contribution is -2.50. The number of amides is 1. The fourth-order valence-electron chi connectivity index (χ4n) is 2.03. The van der Waals surface area contributed by atoms with Gasteiger partial charge in [0.15, 0.2) is 0 Å². The Kier molecular flexibility index (Phi) is 8.04. The van der Waals surface area contributed by atoms with Crippen molar-refractivity contribution >= 4 is 11.9 Å². The van der Waals surface area contributed by atoms with Gasteiger partial charge in [-0.05, 0) is 43.5 Å². The molecule has 0 aliphatic rings. The molecule has 0 aromatic heterocycles. The van der Waals surface area contributed by atoms with E-state index in [1.165, 1.54) is 0 Å². The van der Waals surface area contributed by atoms with Crippen LogP contribution in [0, 0.1) is 5.92 Å². The summed E-state index contributed by atoms with van der Waals surface area (Å²) in [5.41, 5.74) is 10.8. The number of guanidine groups is 1. The summed E-state index contributed by atoms with van der Waals surface area (Å²) in [6, 6.07) is 3.74. The Morgan fingerprint density at radius 3 is 2.19 bits per heavy atom. The van der Waals surface area contributed by atoms with Crippen LogP contribution in [0.2, 0.25) is 0 Å². The number of alkyl halides is 3. The zero-order valence-corrected chi connectivity index (χ0v) is 15.1. The Balaban J connectivity index is 2.92. The van der Waals surface area contributed by atoms with Crippen LogP contribution < -0.4 is 22.1 Å². The highest BCUT2D eigenvalue weighted by molar-refractivity contribution is 6.02. The summed E-state index contributed by atoms with van der Waals surface area (Å²) < 4.78 is 37.8. The van der Waals surface area contributed by atoms with Gasteiger partial charge in [0.1, 0.15) is 0 Å². The van der Waals surface area contributed by atoms with E-state index in [4.69, 9.17) is 11.5 Å². The fraction of sp³-hybridized carbons (Fsp3) is 0.529. The lowest BCUT2D eigenvalue weighted by atomic mass is 10.1. The van der Waals surface area contributed by atoms with Gasteiger partial charge in [-0.25, -0.2) is 0 Å². The molecule has 2 atom stereocenters. The Bertz CT molecular complexity index is 612. The minimum atomic E-state index is -4.46. The van der Waals surface area contributed by atoms with Gasteiger partial charge in [-0.15, -0.1) is 0 Å². The molecule has 26 heavy (non-hydrogen) atoms. The number of nitrogens with one attached hydrogen (secondary N) is 2. The van der Waals surface area contributed by atoms with E-state index in [1.54, 1.807) is 6.92 Å². The number of rotatable bonds is 6. The van der Waals surface area contributed by atoms with E-state index >= 15 is 0 Å². The van der Waals surface area contributed by atoms with Gasteiger partial charge in [-0.1, -0.05) is 13.8 Å². The topological polar surface area (TPSA) is 106 Å². The highest BCUT2D eigenvalue weighted by atomic mass is 19.4. The number of carbonyl (C=O) groups excluding carboxylic acids is 1. The van der Waals surface area contributed by atoms with Gasteiger partial charge in [0.05, 0.1) is 11.7 Å². The molecule has 0 aliphatic carbocycles. The first kappa shape index (κ1) is 21.9. The average molecular weight is 373 g/mol. The highest BCUT2D eigenvalue weighted by Crippen LogP contribution is 2.29. The van der Waals surface area contributed by atoms with Crippen molar-refractivity contribution in [2.75, 3.05) is 6.54 Å². The number of halogens is 3. The van der Waals surface area contributed by atoms with Crippen molar-refractivity contribution < 1.29 is 18.0 Å². The summed E-state index contributed by atoms with van der Waals surface area (Å²) >= 11 is 0. The van der Waals surface area contributed by atoms with E-state index < -0.39 is 23.8 Å². The predicted octanol–water partition coefficient (Wildman–Crippen LogP) is 2.06. The minimum absolute atomic E-state index is 0.0458. The molecule has 1 aromatic carbocycles. The van der Waals surface area contributed by atoms with E-state index in [0.29, 0.717) is 13.0 Å². The molecule has 1 amide bonds. The van der Waals surface area contributed by atoms with Crippen LogP contribution in [-0.4, -0.2) is 30.6 Å². The largest absolute Gasteiger partial charge is 0.416 e. The molecule has 0 bridgehead atoms. The lowest BCUT2D eigenvalue weighted by Gasteiger charge is -2.20. The van der Waals surface area contributed by atoms with Gasteiger partial charge in [0, 0.05) is 18.2 Å². The summed E-state index contributed by atoms with van der Waals surface area (Å²) in [6.45, 7) is 6.29. The summed E-state index contributed by atoms with van der Waals surface area (Å²) in [4.78, 5) is 16.2. The summed E-state index contributed by atoms with van der Waals surface area (Å²) in [6.07, 6.45) is -4.52. The quantitative estimate of drug-likeness (QED) is 0.347. The molecule has 1 rings (SSSR count). The summed E-state index contributed by atoms with van der Waals surface area (Å²) in [5, 5.41) is 5.85. The molecule has 0 fully saturated rings. The number of nitrogens with zero attached hydrogens (tertiary/aromatic N) is 1. The number of benzene rings is 1. The Hall–Kier alpha value is -2.13. The van der Waals surface area contributed by atoms with Gasteiger partial charge in [0.25, 0.3) is 5.91 Å². The first-order valence-electron chi connectivity index (χ1n) is 8.31. The second kappa shape index (κ2) is 9.54. The van der Waals surface area contributed by atoms with Crippen LogP contribution in [0.5, 0.6) is 0 Å².